The number of hydrogen-bond donors (Lipinski definition) is 2. The Hall–Kier alpha value is -1.33. The van der Waals surface area contributed by atoms with Crippen molar-refractivity contribution >= 4 is 11.4 Å². The topological polar surface area (TPSA) is 58.7 Å². The zero-order valence-corrected chi connectivity index (χ0v) is 9.48. The Bertz CT molecular complexity index is 347. The van der Waals surface area contributed by atoms with Crippen LogP contribution in [0.4, 0.5) is 15.8 Å². The van der Waals surface area contributed by atoms with Gasteiger partial charge in [-0.1, -0.05) is 6.07 Å². The number of ether oxygens (including phenoxy) is 1. The minimum absolute atomic E-state index is 0.0922. The molecule has 1 rings (SSSR count). The highest BCUT2D eigenvalue weighted by Gasteiger charge is 2.12. The lowest BCUT2D eigenvalue weighted by Crippen LogP contribution is -2.32. The van der Waals surface area contributed by atoms with Crippen molar-refractivity contribution in [1.29, 1.82) is 0 Å². The first-order valence-corrected chi connectivity index (χ1v) is 4.98. The van der Waals surface area contributed by atoms with E-state index in [1.165, 1.54) is 13.2 Å². The van der Waals surface area contributed by atoms with Crippen molar-refractivity contribution in [3.8, 4) is 0 Å². The van der Waals surface area contributed by atoms with E-state index in [4.69, 9.17) is 10.5 Å². The van der Waals surface area contributed by atoms with Gasteiger partial charge < -0.3 is 20.5 Å². The van der Waals surface area contributed by atoms with Crippen LogP contribution in [0.2, 0.25) is 0 Å². The minimum Gasteiger partial charge on any atom is -0.395 e. The second-order valence-electron chi connectivity index (χ2n) is 3.66. The van der Waals surface area contributed by atoms with E-state index in [0.29, 0.717) is 12.2 Å². The van der Waals surface area contributed by atoms with E-state index >= 15 is 0 Å². The molecule has 1 aromatic rings. The highest BCUT2D eigenvalue weighted by atomic mass is 19.1. The van der Waals surface area contributed by atoms with Crippen LogP contribution in [0.3, 0.4) is 0 Å². The fourth-order valence-electron chi connectivity index (χ4n) is 1.52. The number of halogens is 1. The van der Waals surface area contributed by atoms with Gasteiger partial charge in [0.1, 0.15) is 5.82 Å². The maximum absolute atomic E-state index is 13.2. The Morgan fingerprint density at radius 2 is 2.25 bits per heavy atom. The molecule has 5 heteroatoms. The molecule has 0 spiro atoms. The van der Waals surface area contributed by atoms with Gasteiger partial charge in [0.05, 0.1) is 24.1 Å². The van der Waals surface area contributed by atoms with Gasteiger partial charge in [0, 0.05) is 20.7 Å². The van der Waals surface area contributed by atoms with Crippen molar-refractivity contribution in [1.82, 2.24) is 0 Å². The SMILES string of the molecule is COCC(O)CN(C)c1cccc(F)c1N. The molecule has 1 unspecified atom stereocenters. The third-order valence-electron chi connectivity index (χ3n) is 2.28. The van der Waals surface area contributed by atoms with Crippen LogP contribution in [0, 0.1) is 5.82 Å². The number of aliphatic hydroxyl groups is 1. The Balaban J connectivity index is 2.72. The van der Waals surface area contributed by atoms with Crippen LogP contribution in [-0.4, -0.2) is 38.5 Å². The molecular formula is C11H17FN2O2. The molecule has 0 saturated heterocycles. The molecular weight excluding hydrogens is 211 g/mol. The van der Waals surface area contributed by atoms with Crippen molar-refractivity contribution in [2.75, 3.05) is 37.9 Å². The molecule has 3 N–H and O–H groups in total. The van der Waals surface area contributed by atoms with E-state index in [2.05, 4.69) is 0 Å². The molecule has 1 atom stereocenters. The van der Waals surface area contributed by atoms with E-state index in [1.54, 1.807) is 24.1 Å². The Morgan fingerprint density at radius 1 is 1.56 bits per heavy atom. The highest BCUT2D eigenvalue weighted by molar-refractivity contribution is 5.67. The number of benzene rings is 1. The second-order valence-corrected chi connectivity index (χ2v) is 3.66. The molecule has 90 valence electrons. The fourth-order valence-corrected chi connectivity index (χ4v) is 1.52. The molecule has 16 heavy (non-hydrogen) atoms. The largest absolute Gasteiger partial charge is 0.395 e. The Kier molecular flexibility index (Phi) is 4.52. The van der Waals surface area contributed by atoms with Crippen LogP contribution in [0.1, 0.15) is 0 Å². The Labute approximate surface area is 94.4 Å². The number of methoxy groups -OCH3 is 1. The fraction of sp³-hybridized carbons (Fsp3) is 0.455. The van der Waals surface area contributed by atoms with Crippen LogP contribution >= 0.6 is 0 Å². The van der Waals surface area contributed by atoms with Crippen LogP contribution < -0.4 is 10.6 Å². The molecule has 0 fully saturated rings. The average molecular weight is 228 g/mol. The summed E-state index contributed by atoms with van der Waals surface area (Å²) in [4.78, 5) is 1.70. The number of nitrogen functional groups attached to an aromatic ring is 1. The lowest BCUT2D eigenvalue weighted by molar-refractivity contribution is 0.0695. The molecule has 0 bridgehead atoms. The van der Waals surface area contributed by atoms with Gasteiger partial charge in [-0.15, -0.1) is 0 Å². The van der Waals surface area contributed by atoms with Crippen LogP contribution in [0.5, 0.6) is 0 Å². The average Bonchev–Trinajstić information content (AvgIpc) is 2.22. The number of rotatable bonds is 5. The lowest BCUT2D eigenvalue weighted by Gasteiger charge is -2.23. The number of nitrogens with zero attached hydrogens (tertiary/aromatic N) is 1. The molecule has 0 radical (unpaired) electrons. The standard InChI is InChI=1S/C11H17FN2O2/c1-14(6-8(15)7-16-2)10-5-3-4-9(12)11(10)13/h3-5,8,15H,6-7,13H2,1-2H3. The molecule has 0 aliphatic rings. The molecule has 1 aromatic carbocycles. The smallest absolute Gasteiger partial charge is 0.148 e. The van der Waals surface area contributed by atoms with E-state index in [-0.39, 0.29) is 12.3 Å². The summed E-state index contributed by atoms with van der Waals surface area (Å²) >= 11 is 0. The van der Waals surface area contributed by atoms with Crippen molar-refractivity contribution in [3.05, 3.63) is 24.0 Å². The number of nitrogens with two attached hydrogens (primary N) is 1. The van der Waals surface area contributed by atoms with E-state index in [9.17, 15) is 9.50 Å². The first-order valence-electron chi connectivity index (χ1n) is 4.98. The molecule has 4 nitrogen and oxygen atoms in total. The monoisotopic (exact) mass is 228 g/mol. The summed E-state index contributed by atoms with van der Waals surface area (Å²) in [6.45, 7) is 0.570. The van der Waals surface area contributed by atoms with Gasteiger partial charge in [-0.05, 0) is 12.1 Å². The predicted octanol–water partition coefficient (Wildman–Crippen LogP) is 0.851. The van der Waals surface area contributed by atoms with Crippen LogP contribution in [-0.2, 0) is 4.74 Å². The summed E-state index contributed by atoms with van der Waals surface area (Å²) in [6, 6.07) is 4.59. The third-order valence-corrected chi connectivity index (χ3v) is 2.28. The summed E-state index contributed by atoms with van der Waals surface area (Å²) in [6.07, 6.45) is -0.627. The first kappa shape index (κ1) is 12.7. The summed E-state index contributed by atoms with van der Waals surface area (Å²) in [7, 11) is 3.25. The maximum Gasteiger partial charge on any atom is 0.148 e. The van der Waals surface area contributed by atoms with Gasteiger partial charge >= 0.3 is 0 Å². The van der Waals surface area contributed by atoms with E-state index in [0.717, 1.165) is 0 Å². The highest BCUT2D eigenvalue weighted by Crippen LogP contribution is 2.24. The quantitative estimate of drug-likeness (QED) is 0.734. The summed E-state index contributed by atoms with van der Waals surface area (Å²) in [5, 5.41) is 9.54. The van der Waals surface area contributed by atoms with E-state index in [1.807, 2.05) is 0 Å². The molecule has 0 heterocycles. The second kappa shape index (κ2) is 5.67. The van der Waals surface area contributed by atoms with Gasteiger partial charge in [-0.3, -0.25) is 0 Å². The summed E-state index contributed by atoms with van der Waals surface area (Å²) in [5.74, 6) is -0.453. The van der Waals surface area contributed by atoms with Gasteiger partial charge in [-0.2, -0.15) is 0 Å². The first-order chi connectivity index (χ1) is 7.56. The van der Waals surface area contributed by atoms with Gasteiger partial charge in [0.2, 0.25) is 0 Å². The van der Waals surface area contributed by atoms with Gasteiger partial charge in [0.25, 0.3) is 0 Å². The lowest BCUT2D eigenvalue weighted by atomic mass is 10.2. The zero-order valence-electron chi connectivity index (χ0n) is 9.48. The number of aliphatic hydroxyl groups excluding tert-OH is 1. The molecule has 0 aliphatic carbocycles. The van der Waals surface area contributed by atoms with Gasteiger partial charge in [0.15, 0.2) is 0 Å². The number of likely N-dealkylation sites (N-methyl/N-ethyl adjacent to an activating group) is 1. The van der Waals surface area contributed by atoms with Crippen LogP contribution in [0.15, 0.2) is 18.2 Å². The summed E-state index contributed by atoms with van der Waals surface area (Å²) in [5.41, 5.74) is 6.26. The van der Waals surface area contributed by atoms with E-state index < -0.39 is 11.9 Å². The van der Waals surface area contributed by atoms with Crippen LogP contribution in [0.25, 0.3) is 0 Å². The zero-order chi connectivity index (χ0) is 12.1. The molecule has 0 aromatic heterocycles. The van der Waals surface area contributed by atoms with Crippen molar-refractivity contribution in [2.24, 2.45) is 0 Å². The molecule has 0 amide bonds. The van der Waals surface area contributed by atoms with Crippen molar-refractivity contribution in [3.63, 3.8) is 0 Å². The maximum atomic E-state index is 13.2. The predicted molar refractivity (Wildman–Crippen MR) is 62.0 cm³/mol. The normalized spacial score (nSPS) is 12.5. The minimum atomic E-state index is -0.627. The van der Waals surface area contributed by atoms with Gasteiger partial charge in [-0.25, -0.2) is 4.39 Å². The molecule has 0 saturated carbocycles. The summed E-state index contributed by atoms with van der Waals surface area (Å²) < 4.78 is 18.0. The number of anilines is 2. The van der Waals surface area contributed by atoms with Crippen molar-refractivity contribution in [2.45, 2.75) is 6.10 Å². The number of hydrogen-bond acceptors (Lipinski definition) is 4. The Morgan fingerprint density at radius 3 is 2.88 bits per heavy atom. The third kappa shape index (κ3) is 3.08. The number of para-hydroxylation sites is 1. The van der Waals surface area contributed by atoms with Crippen molar-refractivity contribution < 1.29 is 14.2 Å². The molecule has 0 aliphatic heterocycles.